The quantitative estimate of drug-likeness (QED) is 0.487. The first-order valence-electron chi connectivity index (χ1n) is 11.9. The predicted octanol–water partition coefficient (Wildman–Crippen LogP) is 5.02. The summed E-state index contributed by atoms with van der Waals surface area (Å²) in [4.78, 5) is 37.4. The molecule has 0 spiro atoms. The van der Waals surface area contributed by atoms with Crippen LogP contribution in [-0.4, -0.2) is 60.0 Å². The van der Waals surface area contributed by atoms with Crippen LogP contribution in [0.4, 0.5) is 9.59 Å². The second-order valence-electron chi connectivity index (χ2n) is 9.69. The number of carboxylic acid groups (broad SMARTS) is 1. The first-order chi connectivity index (χ1) is 16.6. The second kappa shape index (κ2) is 11.3. The van der Waals surface area contributed by atoms with Crippen molar-refractivity contribution in [2.75, 3.05) is 20.2 Å². The molecule has 2 aromatic carbocycles. The molecule has 0 fully saturated rings. The minimum Gasteiger partial charge on any atom is -0.480 e. The lowest BCUT2D eigenvalue weighted by Crippen LogP contribution is -2.43. The van der Waals surface area contributed by atoms with E-state index >= 15 is 0 Å². The highest BCUT2D eigenvalue weighted by atomic mass is 16.6. The topological polar surface area (TPSA) is 105 Å². The number of amides is 2. The molecule has 1 atom stereocenters. The van der Waals surface area contributed by atoms with Gasteiger partial charge in [0.1, 0.15) is 18.2 Å². The van der Waals surface area contributed by atoms with Gasteiger partial charge in [-0.3, -0.25) is 4.90 Å². The van der Waals surface area contributed by atoms with E-state index in [1.54, 1.807) is 20.8 Å². The van der Waals surface area contributed by atoms with Crippen LogP contribution in [0.15, 0.2) is 48.5 Å². The monoisotopic (exact) mass is 482 g/mol. The van der Waals surface area contributed by atoms with Crippen molar-refractivity contribution in [3.05, 3.63) is 59.7 Å². The zero-order valence-corrected chi connectivity index (χ0v) is 20.7. The summed E-state index contributed by atoms with van der Waals surface area (Å²) in [6.45, 7) is 5.83. The molecule has 0 saturated heterocycles. The maximum absolute atomic E-state index is 12.7. The summed E-state index contributed by atoms with van der Waals surface area (Å²) < 4.78 is 10.8. The van der Waals surface area contributed by atoms with Crippen molar-refractivity contribution in [1.82, 2.24) is 10.2 Å². The number of aliphatic carboxylic acids is 1. The number of rotatable bonds is 9. The molecule has 0 aliphatic heterocycles. The van der Waals surface area contributed by atoms with Crippen LogP contribution in [0, 0.1) is 0 Å². The Labute approximate surface area is 206 Å². The van der Waals surface area contributed by atoms with Crippen molar-refractivity contribution in [2.45, 2.75) is 57.6 Å². The maximum atomic E-state index is 12.7. The Hall–Kier alpha value is -3.55. The van der Waals surface area contributed by atoms with Gasteiger partial charge in [0, 0.05) is 19.5 Å². The molecule has 2 amide bonds. The molecule has 0 aromatic heterocycles. The molecule has 8 heteroatoms. The highest BCUT2D eigenvalue weighted by Gasteiger charge is 2.31. The third-order valence-electron chi connectivity index (χ3n) is 5.95. The normalized spacial score (nSPS) is 13.4. The highest BCUT2D eigenvalue weighted by molar-refractivity contribution is 5.81. The molecule has 2 N–H and O–H groups in total. The number of hydrogen-bond donors (Lipinski definition) is 2. The summed E-state index contributed by atoms with van der Waals surface area (Å²) in [7, 11) is 1.44. The van der Waals surface area contributed by atoms with Gasteiger partial charge >= 0.3 is 18.2 Å². The van der Waals surface area contributed by atoms with Crippen LogP contribution in [0.25, 0.3) is 11.1 Å². The SMILES string of the molecule is CN(C(=O)OCC1c2ccccc2-c2ccccc21)[C@@H](CCCCNC(=O)OC(C)(C)C)C(=O)O. The van der Waals surface area contributed by atoms with Crippen molar-refractivity contribution in [1.29, 1.82) is 0 Å². The zero-order valence-electron chi connectivity index (χ0n) is 20.7. The fourth-order valence-electron chi connectivity index (χ4n) is 4.27. The largest absolute Gasteiger partial charge is 0.480 e. The van der Waals surface area contributed by atoms with Gasteiger partial charge in [0.2, 0.25) is 0 Å². The Morgan fingerprint density at radius 2 is 1.57 bits per heavy atom. The van der Waals surface area contributed by atoms with Crippen LogP contribution >= 0.6 is 0 Å². The van der Waals surface area contributed by atoms with Crippen LogP contribution in [-0.2, 0) is 14.3 Å². The van der Waals surface area contributed by atoms with Gasteiger partial charge in [0.05, 0.1) is 0 Å². The Morgan fingerprint density at radius 3 is 2.11 bits per heavy atom. The molecule has 0 heterocycles. The third kappa shape index (κ3) is 6.74. The Balaban J connectivity index is 1.51. The van der Waals surface area contributed by atoms with E-state index in [4.69, 9.17) is 9.47 Å². The number of nitrogens with one attached hydrogen (secondary N) is 1. The molecule has 188 valence electrons. The van der Waals surface area contributed by atoms with Crippen LogP contribution in [0.2, 0.25) is 0 Å². The number of nitrogens with zero attached hydrogens (tertiary/aromatic N) is 1. The minimum atomic E-state index is -1.10. The Morgan fingerprint density at radius 1 is 1.00 bits per heavy atom. The smallest absolute Gasteiger partial charge is 0.410 e. The molecule has 0 saturated carbocycles. The van der Waals surface area contributed by atoms with Crippen molar-refractivity contribution in [3.8, 4) is 11.1 Å². The molecule has 2 aromatic rings. The summed E-state index contributed by atoms with van der Waals surface area (Å²) in [5.74, 6) is -1.19. The standard InChI is InChI=1S/C27H34N2O6/c1-27(2,3)35-25(32)28-16-10-9-15-23(24(30)31)29(4)26(33)34-17-22-20-13-7-5-11-18(20)19-12-6-8-14-21(19)22/h5-8,11-14,22-23H,9-10,15-17H2,1-4H3,(H,28,32)(H,30,31)/t23-/m0/s1. The number of hydrogen-bond acceptors (Lipinski definition) is 5. The predicted molar refractivity (Wildman–Crippen MR) is 132 cm³/mol. The summed E-state index contributed by atoms with van der Waals surface area (Å²) in [5.41, 5.74) is 3.86. The number of fused-ring (bicyclic) bond motifs is 3. The van der Waals surface area contributed by atoms with E-state index in [9.17, 15) is 19.5 Å². The van der Waals surface area contributed by atoms with Gasteiger partial charge in [-0.05, 0) is 62.3 Å². The van der Waals surface area contributed by atoms with E-state index in [0.717, 1.165) is 27.2 Å². The number of carbonyl (C=O) groups excluding carboxylic acids is 2. The lowest BCUT2D eigenvalue weighted by Gasteiger charge is -2.25. The second-order valence-corrected chi connectivity index (χ2v) is 9.69. The summed E-state index contributed by atoms with van der Waals surface area (Å²) >= 11 is 0. The van der Waals surface area contributed by atoms with Crippen molar-refractivity contribution in [3.63, 3.8) is 0 Å². The highest BCUT2D eigenvalue weighted by Crippen LogP contribution is 2.44. The fourth-order valence-corrected chi connectivity index (χ4v) is 4.27. The average molecular weight is 483 g/mol. The molecule has 35 heavy (non-hydrogen) atoms. The molecule has 8 nitrogen and oxygen atoms in total. The number of ether oxygens (including phenoxy) is 2. The molecule has 0 radical (unpaired) electrons. The van der Waals surface area contributed by atoms with Crippen molar-refractivity contribution in [2.24, 2.45) is 0 Å². The van der Waals surface area contributed by atoms with Crippen LogP contribution in [0.5, 0.6) is 0 Å². The number of likely N-dealkylation sites (N-methyl/N-ethyl adjacent to an activating group) is 1. The number of alkyl carbamates (subject to hydrolysis) is 1. The van der Waals surface area contributed by atoms with Gasteiger partial charge < -0.3 is 19.9 Å². The van der Waals surface area contributed by atoms with E-state index in [-0.39, 0.29) is 18.9 Å². The van der Waals surface area contributed by atoms with Gasteiger partial charge in [-0.15, -0.1) is 0 Å². The van der Waals surface area contributed by atoms with Crippen LogP contribution < -0.4 is 5.32 Å². The number of carbonyl (C=O) groups is 3. The molecule has 0 bridgehead atoms. The van der Waals surface area contributed by atoms with Crippen LogP contribution in [0.3, 0.4) is 0 Å². The Kier molecular flexibility index (Phi) is 8.38. The number of unbranched alkanes of at least 4 members (excludes halogenated alkanes) is 1. The average Bonchev–Trinajstić information content (AvgIpc) is 3.11. The van der Waals surface area contributed by atoms with E-state index in [0.29, 0.717) is 19.4 Å². The van der Waals surface area contributed by atoms with Gasteiger partial charge in [-0.25, -0.2) is 14.4 Å². The minimum absolute atomic E-state index is 0.0954. The van der Waals surface area contributed by atoms with Gasteiger partial charge in [0.25, 0.3) is 0 Å². The third-order valence-corrected chi connectivity index (χ3v) is 5.95. The molecule has 1 aliphatic carbocycles. The van der Waals surface area contributed by atoms with Crippen molar-refractivity contribution >= 4 is 18.2 Å². The fraction of sp³-hybridized carbons (Fsp3) is 0.444. The van der Waals surface area contributed by atoms with E-state index in [2.05, 4.69) is 17.4 Å². The first kappa shape index (κ1) is 26.1. The molecule has 3 rings (SSSR count). The van der Waals surface area contributed by atoms with E-state index in [1.807, 2.05) is 36.4 Å². The van der Waals surface area contributed by atoms with Gasteiger partial charge in [0.15, 0.2) is 0 Å². The van der Waals surface area contributed by atoms with Gasteiger partial charge in [-0.2, -0.15) is 0 Å². The maximum Gasteiger partial charge on any atom is 0.410 e. The van der Waals surface area contributed by atoms with Crippen LogP contribution in [0.1, 0.15) is 57.1 Å². The number of benzene rings is 2. The summed E-state index contributed by atoms with van der Waals surface area (Å²) in [6, 6.07) is 15.0. The molecular formula is C27H34N2O6. The van der Waals surface area contributed by atoms with Crippen molar-refractivity contribution < 1.29 is 29.0 Å². The summed E-state index contributed by atoms with van der Waals surface area (Å²) in [5, 5.41) is 12.3. The van der Waals surface area contributed by atoms with E-state index in [1.165, 1.54) is 7.05 Å². The summed E-state index contributed by atoms with van der Waals surface area (Å²) in [6.07, 6.45) is 0.121. The zero-order chi connectivity index (χ0) is 25.6. The van der Waals surface area contributed by atoms with E-state index < -0.39 is 29.8 Å². The lowest BCUT2D eigenvalue weighted by molar-refractivity contribution is -0.142. The molecule has 1 aliphatic rings. The molecule has 0 unspecified atom stereocenters. The molecular weight excluding hydrogens is 448 g/mol. The Bertz CT molecular complexity index is 1020. The number of carboxylic acids is 1. The first-order valence-corrected chi connectivity index (χ1v) is 11.9. The lowest BCUT2D eigenvalue weighted by atomic mass is 9.98. The van der Waals surface area contributed by atoms with Gasteiger partial charge in [-0.1, -0.05) is 48.5 Å².